The molecule has 2 rings (SSSR count). The number of nitrogens with one attached hydrogen (secondary N) is 1. The lowest BCUT2D eigenvalue weighted by Crippen LogP contribution is -2.45. The summed E-state index contributed by atoms with van der Waals surface area (Å²) in [7, 11) is 0. The van der Waals surface area contributed by atoms with E-state index in [-0.39, 0.29) is 17.7 Å². The van der Waals surface area contributed by atoms with Crippen LogP contribution in [0.25, 0.3) is 0 Å². The van der Waals surface area contributed by atoms with Gasteiger partial charge in [0.1, 0.15) is 4.88 Å². The highest BCUT2D eigenvalue weighted by Gasteiger charge is 2.30. The molecule has 1 heterocycles. The van der Waals surface area contributed by atoms with Crippen molar-refractivity contribution in [3.63, 3.8) is 0 Å². The van der Waals surface area contributed by atoms with Gasteiger partial charge in [0.05, 0.1) is 11.2 Å². The fourth-order valence-corrected chi connectivity index (χ4v) is 2.96. The van der Waals surface area contributed by atoms with Crippen LogP contribution in [0.2, 0.25) is 0 Å². The molecule has 1 aromatic carbocycles. The average Bonchev–Trinajstić information content (AvgIpc) is 2.98. The normalized spacial score (nSPS) is 14.0. The lowest BCUT2D eigenvalue weighted by molar-refractivity contribution is 0.0916. The van der Waals surface area contributed by atoms with Gasteiger partial charge in [-0.05, 0) is 29.9 Å². The molecule has 4 nitrogen and oxygen atoms in total. The van der Waals surface area contributed by atoms with Gasteiger partial charge >= 0.3 is 0 Å². The van der Waals surface area contributed by atoms with Gasteiger partial charge in [0.2, 0.25) is 0 Å². The first-order valence-electron chi connectivity index (χ1n) is 6.74. The number of amides is 1. The summed E-state index contributed by atoms with van der Waals surface area (Å²) in [5.41, 5.74) is 1.07. The molecule has 0 aliphatic rings. The maximum absolute atomic E-state index is 12.5. The third-order valence-electron chi connectivity index (χ3n) is 3.33. The van der Waals surface area contributed by atoms with Crippen molar-refractivity contribution in [2.75, 3.05) is 5.88 Å². The van der Waals surface area contributed by atoms with E-state index < -0.39 is 5.54 Å². The zero-order valence-corrected chi connectivity index (χ0v) is 13.8. The molecule has 0 aliphatic heterocycles. The summed E-state index contributed by atoms with van der Waals surface area (Å²) in [5, 5.41) is 7.06. The first-order valence-corrected chi connectivity index (χ1v) is 8.05. The number of hydrogen-bond acceptors (Lipinski definition) is 4. The zero-order chi connectivity index (χ0) is 15.5. The molecule has 2 aromatic rings. The van der Waals surface area contributed by atoms with Crippen LogP contribution in [-0.4, -0.2) is 21.4 Å². The SMILES string of the molecule is CC(C)c1nnsc1C(=O)NC(C)(CCl)c1ccccc1. The topological polar surface area (TPSA) is 54.9 Å². The van der Waals surface area contributed by atoms with Crippen LogP contribution in [0.15, 0.2) is 30.3 Å². The molecule has 0 bridgehead atoms. The predicted octanol–water partition coefficient (Wildman–Crippen LogP) is 3.55. The Morgan fingerprint density at radius 1 is 1.38 bits per heavy atom. The van der Waals surface area contributed by atoms with E-state index >= 15 is 0 Å². The molecule has 0 fully saturated rings. The fraction of sp³-hybridized carbons (Fsp3) is 0.400. The number of carbonyl (C=O) groups is 1. The minimum atomic E-state index is -0.627. The second kappa shape index (κ2) is 6.54. The van der Waals surface area contributed by atoms with E-state index in [9.17, 15) is 4.79 Å². The minimum absolute atomic E-state index is 0.156. The number of aromatic nitrogens is 2. The highest BCUT2D eigenvalue weighted by atomic mass is 35.5. The Morgan fingerprint density at radius 3 is 2.62 bits per heavy atom. The van der Waals surface area contributed by atoms with Crippen molar-refractivity contribution >= 4 is 29.0 Å². The molecule has 0 saturated carbocycles. The molecule has 0 spiro atoms. The van der Waals surface area contributed by atoms with Crippen LogP contribution in [0.4, 0.5) is 0 Å². The number of carbonyl (C=O) groups excluding carboxylic acids is 1. The van der Waals surface area contributed by atoms with Crippen LogP contribution < -0.4 is 5.32 Å². The van der Waals surface area contributed by atoms with E-state index in [1.807, 2.05) is 51.1 Å². The van der Waals surface area contributed by atoms with Crippen LogP contribution in [0, 0.1) is 0 Å². The second-order valence-corrected chi connectivity index (χ2v) is 6.45. The number of hydrogen-bond donors (Lipinski definition) is 1. The number of benzene rings is 1. The molecule has 1 amide bonds. The van der Waals surface area contributed by atoms with Crippen LogP contribution >= 0.6 is 23.1 Å². The molecule has 1 atom stereocenters. The average molecular weight is 324 g/mol. The molecule has 1 N–H and O–H groups in total. The number of nitrogens with zero attached hydrogens (tertiary/aromatic N) is 2. The summed E-state index contributed by atoms with van der Waals surface area (Å²) < 4.78 is 3.89. The van der Waals surface area contributed by atoms with Crippen LogP contribution in [0.5, 0.6) is 0 Å². The van der Waals surface area contributed by atoms with Gasteiger partial charge in [-0.25, -0.2) is 0 Å². The number of rotatable bonds is 5. The van der Waals surface area contributed by atoms with Crippen molar-refractivity contribution < 1.29 is 4.79 Å². The Bertz CT molecular complexity index is 614. The van der Waals surface area contributed by atoms with Crippen molar-refractivity contribution in [1.82, 2.24) is 14.9 Å². The Labute approximate surface area is 133 Å². The van der Waals surface area contributed by atoms with E-state index in [0.717, 1.165) is 22.8 Å². The Balaban J connectivity index is 2.26. The standard InChI is InChI=1S/C15H18ClN3OS/c1-10(2)12-13(21-19-18-12)14(20)17-15(3,9-16)11-7-5-4-6-8-11/h4-8,10H,9H2,1-3H3,(H,17,20). The summed E-state index contributed by atoms with van der Waals surface area (Å²) in [6.07, 6.45) is 0. The van der Waals surface area contributed by atoms with Crippen molar-refractivity contribution in [3.05, 3.63) is 46.5 Å². The van der Waals surface area contributed by atoms with E-state index in [0.29, 0.717) is 4.88 Å². The largest absolute Gasteiger partial charge is 0.341 e. The Kier molecular flexibility index (Phi) is 4.96. The maximum atomic E-state index is 12.5. The van der Waals surface area contributed by atoms with Gasteiger partial charge in [-0.1, -0.05) is 48.7 Å². The van der Waals surface area contributed by atoms with E-state index in [1.54, 1.807) is 0 Å². The quantitative estimate of drug-likeness (QED) is 0.856. The lowest BCUT2D eigenvalue weighted by atomic mass is 9.94. The monoisotopic (exact) mass is 323 g/mol. The highest BCUT2D eigenvalue weighted by Crippen LogP contribution is 2.25. The van der Waals surface area contributed by atoms with Crippen molar-refractivity contribution in [2.45, 2.75) is 32.2 Å². The summed E-state index contributed by atoms with van der Waals surface area (Å²) in [5.74, 6) is 0.260. The molecule has 0 saturated heterocycles. The van der Waals surface area contributed by atoms with Crippen LogP contribution in [-0.2, 0) is 5.54 Å². The van der Waals surface area contributed by atoms with Gasteiger partial charge in [-0.15, -0.1) is 16.7 Å². The molecule has 0 radical (unpaired) electrons. The third-order valence-corrected chi connectivity index (χ3v) is 4.61. The number of alkyl halides is 1. The smallest absolute Gasteiger partial charge is 0.265 e. The minimum Gasteiger partial charge on any atom is -0.341 e. The highest BCUT2D eigenvalue weighted by molar-refractivity contribution is 7.08. The second-order valence-electron chi connectivity index (χ2n) is 5.43. The van der Waals surface area contributed by atoms with E-state index in [4.69, 9.17) is 11.6 Å². The van der Waals surface area contributed by atoms with Gasteiger partial charge in [-0.3, -0.25) is 4.79 Å². The molecule has 112 valence electrons. The Morgan fingerprint density at radius 2 is 2.05 bits per heavy atom. The molecular weight excluding hydrogens is 306 g/mol. The van der Waals surface area contributed by atoms with Crippen molar-refractivity contribution in [2.24, 2.45) is 0 Å². The van der Waals surface area contributed by atoms with Gasteiger partial charge in [0.25, 0.3) is 5.91 Å². The van der Waals surface area contributed by atoms with Crippen molar-refractivity contribution in [3.8, 4) is 0 Å². The van der Waals surface area contributed by atoms with Crippen molar-refractivity contribution in [1.29, 1.82) is 0 Å². The first-order chi connectivity index (χ1) is 9.98. The summed E-state index contributed by atoms with van der Waals surface area (Å²) >= 11 is 7.22. The molecule has 1 aromatic heterocycles. The van der Waals surface area contributed by atoms with Gasteiger partial charge in [-0.2, -0.15) is 0 Å². The summed E-state index contributed by atoms with van der Waals surface area (Å²) in [4.78, 5) is 13.1. The molecule has 21 heavy (non-hydrogen) atoms. The summed E-state index contributed by atoms with van der Waals surface area (Å²) in [6, 6.07) is 9.71. The molecule has 6 heteroatoms. The molecular formula is C15H18ClN3OS. The maximum Gasteiger partial charge on any atom is 0.265 e. The van der Waals surface area contributed by atoms with Crippen LogP contribution in [0.1, 0.15) is 47.6 Å². The van der Waals surface area contributed by atoms with E-state index in [2.05, 4.69) is 14.9 Å². The summed E-state index contributed by atoms with van der Waals surface area (Å²) in [6.45, 7) is 5.90. The van der Waals surface area contributed by atoms with E-state index in [1.165, 1.54) is 0 Å². The molecule has 0 aliphatic carbocycles. The van der Waals surface area contributed by atoms with Gasteiger partial charge < -0.3 is 5.32 Å². The zero-order valence-electron chi connectivity index (χ0n) is 12.3. The van der Waals surface area contributed by atoms with Gasteiger partial charge in [0, 0.05) is 5.88 Å². The van der Waals surface area contributed by atoms with Gasteiger partial charge in [0.15, 0.2) is 0 Å². The third kappa shape index (κ3) is 3.41. The number of halogens is 1. The fourth-order valence-electron chi connectivity index (χ4n) is 2.03. The predicted molar refractivity (Wildman–Crippen MR) is 86.0 cm³/mol. The molecule has 1 unspecified atom stereocenters. The Hall–Kier alpha value is -1.46. The lowest BCUT2D eigenvalue weighted by Gasteiger charge is -2.29. The van der Waals surface area contributed by atoms with Crippen LogP contribution in [0.3, 0.4) is 0 Å². The first kappa shape index (κ1) is 15.9.